The van der Waals surface area contributed by atoms with Gasteiger partial charge in [-0.3, -0.25) is 9.59 Å². The third-order valence-electron chi connectivity index (χ3n) is 5.53. The molecular formula is C23H30N2O3S. The number of ether oxygens (including phenoxy) is 1. The Balaban J connectivity index is 1.52. The van der Waals surface area contributed by atoms with Crippen LogP contribution < -0.4 is 4.74 Å². The third-order valence-corrected chi connectivity index (χ3v) is 6.62. The van der Waals surface area contributed by atoms with Gasteiger partial charge in [-0.1, -0.05) is 19.1 Å². The van der Waals surface area contributed by atoms with E-state index in [1.165, 1.54) is 10.4 Å². The molecule has 0 spiro atoms. The number of amides is 2. The monoisotopic (exact) mass is 414 g/mol. The maximum atomic E-state index is 12.9. The number of hydrogen-bond acceptors (Lipinski definition) is 4. The maximum absolute atomic E-state index is 12.9. The normalized spacial score (nSPS) is 14.6. The summed E-state index contributed by atoms with van der Waals surface area (Å²) in [5.41, 5.74) is 2.38. The van der Waals surface area contributed by atoms with E-state index in [4.69, 9.17) is 4.74 Å². The Kier molecular flexibility index (Phi) is 7.31. The summed E-state index contributed by atoms with van der Waals surface area (Å²) >= 11 is 1.58. The van der Waals surface area contributed by atoms with Gasteiger partial charge < -0.3 is 14.5 Å². The highest BCUT2D eigenvalue weighted by atomic mass is 32.1. The average molecular weight is 415 g/mol. The number of carbonyl (C=O) groups excluding carboxylic acids is 2. The van der Waals surface area contributed by atoms with Crippen LogP contribution in [0.15, 0.2) is 30.3 Å². The Morgan fingerprint density at radius 2 is 1.76 bits per heavy atom. The lowest BCUT2D eigenvalue weighted by atomic mass is 10.1. The molecule has 0 N–H and O–H groups in total. The Morgan fingerprint density at radius 1 is 1.07 bits per heavy atom. The van der Waals surface area contributed by atoms with E-state index in [1.54, 1.807) is 18.4 Å². The van der Waals surface area contributed by atoms with Gasteiger partial charge in [0.05, 0.1) is 12.0 Å². The highest BCUT2D eigenvalue weighted by Crippen LogP contribution is 2.24. The van der Waals surface area contributed by atoms with E-state index in [2.05, 4.69) is 13.8 Å². The van der Waals surface area contributed by atoms with Crippen molar-refractivity contribution in [3.05, 3.63) is 51.2 Å². The van der Waals surface area contributed by atoms with Gasteiger partial charge in [0.1, 0.15) is 5.75 Å². The smallest absolute Gasteiger partial charge is 0.263 e. The van der Waals surface area contributed by atoms with Crippen LogP contribution in [0.5, 0.6) is 5.75 Å². The van der Waals surface area contributed by atoms with Crippen molar-refractivity contribution in [1.82, 2.24) is 9.80 Å². The SMILES string of the molecule is CCc1cc(C(=O)N2CCCN(C(=O)CCc3ccc(OC)cc3)CC2)sc1C. The number of nitrogens with zero attached hydrogens (tertiary/aromatic N) is 2. The van der Waals surface area contributed by atoms with Crippen molar-refractivity contribution in [2.24, 2.45) is 0 Å². The first-order valence-corrected chi connectivity index (χ1v) is 11.1. The topological polar surface area (TPSA) is 49.9 Å². The minimum absolute atomic E-state index is 0.102. The van der Waals surface area contributed by atoms with Gasteiger partial charge in [0.15, 0.2) is 0 Å². The summed E-state index contributed by atoms with van der Waals surface area (Å²) < 4.78 is 5.17. The van der Waals surface area contributed by atoms with E-state index in [-0.39, 0.29) is 11.8 Å². The Labute approximate surface area is 177 Å². The van der Waals surface area contributed by atoms with Crippen molar-refractivity contribution in [2.75, 3.05) is 33.3 Å². The number of carbonyl (C=O) groups is 2. The molecule has 1 aliphatic heterocycles. The predicted molar refractivity (Wildman–Crippen MR) is 117 cm³/mol. The molecule has 0 unspecified atom stereocenters. The molecule has 2 heterocycles. The Bertz CT molecular complexity index is 844. The average Bonchev–Trinajstić information content (AvgIpc) is 2.96. The molecule has 156 valence electrons. The van der Waals surface area contributed by atoms with Crippen LogP contribution in [0.2, 0.25) is 0 Å². The predicted octanol–water partition coefficient (Wildman–Crippen LogP) is 3.93. The molecule has 2 amide bonds. The van der Waals surface area contributed by atoms with Crippen LogP contribution in [0, 0.1) is 6.92 Å². The van der Waals surface area contributed by atoms with Crippen LogP contribution >= 0.6 is 11.3 Å². The zero-order valence-electron chi connectivity index (χ0n) is 17.6. The first-order valence-electron chi connectivity index (χ1n) is 10.3. The van der Waals surface area contributed by atoms with Gasteiger partial charge in [-0.25, -0.2) is 0 Å². The number of hydrogen-bond donors (Lipinski definition) is 0. The van der Waals surface area contributed by atoms with Crippen molar-refractivity contribution >= 4 is 23.2 Å². The van der Waals surface area contributed by atoms with Crippen LogP contribution in [0.25, 0.3) is 0 Å². The zero-order chi connectivity index (χ0) is 20.8. The lowest BCUT2D eigenvalue weighted by Gasteiger charge is -2.22. The molecule has 1 saturated heterocycles. The van der Waals surface area contributed by atoms with Crippen molar-refractivity contribution in [3.8, 4) is 5.75 Å². The van der Waals surface area contributed by atoms with Gasteiger partial charge in [-0.05, 0) is 55.5 Å². The first kappa shape index (κ1) is 21.4. The van der Waals surface area contributed by atoms with E-state index in [1.807, 2.05) is 40.1 Å². The first-order chi connectivity index (χ1) is 14.0. The van der Waals surface area contributed by atoms with Crippen molar-refractivity contribution in [2.45, 2.75) is 39.5 Å². The Hall–Kier alpha value is -2.34. The van der Waals surface area contributed by atoms with Crippen LogP contribution in [-0.4, -0.2) is 54.9 Å². The summed E-state index contributed by atoms with van der Waals surface area (Å²) in [6.45, 7) is 6.83. The minimum atomic E-state index is 0.102. The molecular weight excluding hydrogens is 384 g/mol. The second-order valence-electron chi connectivity index (χ2n) is 7.42. The molecule has 0 saturated carbocycles. The molecule has 3 rings (SSSR count). The largest absolute Gasteiger partial charge is 0.497 e. The van der Waals surface area contributed by atoms with Crippen LogP contribution in [0.4, 0.5) is 0 Å². The summed E-state index contributed by atoms with van der Waals surface area (Å²) in [4.78, 5) is 31.4. The van der Waals surface area contributed by atoms with Crippen LogP contribution in [0.3, 0.4) is 0 Å². The van der Waals surface area contributed by atoms with Crippen molar-refractivity contribution in [1.29, 1.82) is 0 Å². The molecule has 1 aromatic heterocycles. The molecule has 29 heavy (non-hydrogen) atoms. The van der Waals surface area contributed by atoms with Gasteiger partial charge in [0.2, 0.25) is 5.91 Å². The minimum Gasteiger partial charge on any atom is -0.497 e. The van der Waals surface area contributed by atoms with Gasteiger partial charge in [-0.15, -0.1) is 11.3 Å². The summed E-state index contributed by atoms with van der Waals surface area (Å²) in [5, 5.41) is 0. The van der Waals surface area contributed by atoms with Crippen molar-refractivity contribution < 1.29 is 14.3 Å². The number of aryl methyl sites for hydroxylation is 3. The highest BCUT2D eigenvalue weighted by Gasteiger charge is 2.24. The molecule has 1 aromatic carbocycles. The number of thiophene rings is 1. The second-order valence-corrected chi connectivity index (χ2v) is 8.68. The quantitative estimate of drug-likeness (QED) is 0.720. The molecule has 0 aliphatic carbocycles. The molecule has 1 aliphatic rings. The molecule has 1 fully saturated rings. The van der Waals surface area contributed by atoms with E-state index in [0.29, 0.717) is 26.1 Å². The van der Waals surface area contributed by atoms with Crippen molar-refractivity contribution in [3.63, 3.8) is 0 Å². The van der Waals surface area contributed by atoms with E-state index in [0.717, 1.165) is 42.0 Å². The number of methoxy groups -OCH3 is 1. The fourth-order valence-electron chi connectivity index (χ4n) is 3.70. The molecule has 6 heteroatoms. The second kappa shape index (κ2) is 9.92. The maximum Gasteiger partial charge on any atom is 0.263 e. The van der Waals surface area contributed by atoms with Gasteiger partial charge in [-0.2, -0.15) is 0 Å². The standard InChI is InChI=1S/C23H30N2O3S/c1-4-19-16-21(29-17(19)2)23(27)25-13-5-12-24(14-15-25)22(26)11-8-18-6-9-20(28-3)10-7-18/h6-7,9-10,16H,4-5,8,11-15H2,1-3H3. The van der Waals surface area contributed by atoms with E-state index >= 15 is 0 Å². The molecule has 0 bridgehead atoms. The molecule has 0 radical (unpaired) electrons. The summed E-state index contributed by atoms with van der Waals surface area (Å²) in [5.74, 6) is 1.09. The summed E-state index contributed by atoms with van der Waals surface area (Å²) in [6.07, 6.45) is 2.98. The van der Waals surface area contributed by atoms with E-state index in [9.17, 15) is 9.59 Å². The fourth-order valence-corrected chi connectivity index (χ4v) is 4.79. The Morgan fingerprint density at radius 3 is 2.41 bits per heavy atom. The van der Waals surface area contributed by atoms with Crippen LogP contribution in [-0.2, 0) is 17.6 Å². The number of benzene rings is 1. The zero-order valence-corrected chi connectivity index (χ0v) is 18.4. The summed E-state index contributed by atoms with van der Waals surface area (Å²) in [7, 11) is 1.65. The van der Waals surface area contributed by atoms with E-state index < -0.39 is 0 Å². The van der Waals surface area contributed by atoms with Gasteiger partial charge in [0, 0.05) is 37.5 Å². The third kappa shape index (κ3) is 5.38. The number of rotatable bonds is 6. The van der Waals surface area contributed by atoms with Gasteiger partial charge in [0.25, 0.3) is 5.91 Å². The fraction of sp³-hybridized carbons (Fsp3) is 0.478. The lowest BCUT2D eigenvalue weighted by molar-refractivity contribution is -0.131. The lowest BCUT2D eigenvalue weighted by Crippen LogP contribution is -2.37. The van der Waals surface area contributed by atoms with Crippen LogP contribution in [0.1, 0.15) is 45.4 Å². The molecule has 2 aromatic rings. The highest BCUT2D eigenvalue weighted by molar-refractivity contribution is 7.14. The molecule has 0 atom stereocenters. The molecule has 5 nitrogen and oxygen atoms in total. The summed E-state index contributed by atoms with van der Waals surface area (Å²) in [6, 6.07) is 9.88. The van der Waals surface area contributed by atoms with Gasteiger partial charge >= 0.3 is 0 Å².